The summed E-state index contributed by atoms with van der Waals surface area (Å²) < 4.78 is 4.46. The summed E-state index contributed by atoms with van der Waals surface area (Å²) in [5.41, 5.74) is 5.86. The number of nitrogens with two attached hydrogens (primary N) is 1. The van der Waals surface area contributed by atoms with Crippen LogP contribution in [0.4, 0.5) is 4.79 Å². The second kappa shape index (κ2) is 5.53. The summed E-state index contributed by atoms with van der Waals surface area (Å²) in [4.78, 5) is 10.1. The quantitative estimate of drug-likeness (QED) is 0.629. The number of hydrogen-bond acceptors (Lipinski definition) is 2. The highest BCUT2D eigenvalue weighted by Crippen LogP contribution is 1.92. The Bertz CT molecular complexity index is 183. The Morgan fingerprint density at radius 2 is 2.27 bits per heavy atom. The predicted molar refractivity (Wildman–Crippen MR) is 44.1 cm³/mol. The van der Waals surface area contributed by atoms with Crippen molar-refractivity contribution >= 4 is 6.09 Å². The van der Waals surface area contributed by atoms with Crippen molar-refractivity contribution in [1.82, 2.24) is 0 Å². The van der Waals surface area contributed by atoms with Crippen molar-refractivity contribution in [2.45, 2.75) is 13.8 Å². The summed E-state index contributed by atoms with van der Waals surface area (Å²) in [7, 11) is 0. The van der Waals surface area contributed by atoms with Gasteiger partial charge in [-0.2, -0.15) is 0 Å². The first kappa shape index (κ1) is 9.75. The van der Waals surface area contributed by atoms with Gasteiger partial charge in [-0.25, -0.2) is 4.79 Å². The average molecular weight is 155 g/mol. The molecule has 0 bridgehead atoms. The van der Waals surface area contributed by atoms with Crippen molar-refractivity contribution < 1.29 is 9.53 Å². The monoisotopic (exact) mass is 155 g/mol. The lowest BCUT2D eigenvalue weighted by Gasteiger charge is -1.93. The van der Waals surface area contributed by atoms with Crippen LogP contribution in [-0.2, 0) is 4.74 Å². The maximum absolute atomic E-state index is 10.1. The lowest BCUT2D eigenvalue weighted by molar-refractivity contribution is 0.169. The van der Waals surface area contributed by atoms with Crippen molar-refractivity contribution in [2.24, 2.45) is 5.73 Å². The van der Waals surface area contributed by atoms with E-state index in [1.165, 1.54) is 0 Å². The number of ether oxygens (including phenoxy) is 1. The third-order valence-corrected chi connectivity index (χ3v) is 1.16. The van der Waals surface area contributed by atoms with E-state index in [2.05, 4.69) is 4.74 Å². The van der Waals surface area contributed by atoms with Crippen LogP contribution in [0.15, 0.2) is 23.8 Å². The molecular formula is C8H13NO2. The van der Waals surface area contributed by atoms with Gasteiger partial charge >= 0.3 is 6.09 Å². The topological polar surface area (TPSA) is 52.3 Å². The number of allylic oxidation sites excluding steroid dienone is 3. The second-order valence-electron chi connectivity index (χ2n) is 2.07. The molecule has 0 aliphatic heterocycles. The Balaban J connectivity index is 3.53. The van der Waals surface area contributed by atoms with Gasteiger partial charge in [-0.3, -0.25) is 0 Å². The molecule has 0 aromatic carbocycles. The number of amides is 1. The molecule has 3 nitrogen and oxygen atoms in total. The molecule has 0 heterocycles. The van der Waals surface area contributed by atoms with Crippen LogP contribution in [0.3, 0.4) is 0 Å². The third kappa shape index (κ3) is 6.64. The lowest BCUT2D eigenvalue weighted by Crippen LogP contribution is -2.12. The van der Waals surface area contributed by atoms with E-state index in [1.807, 2.05) is 26.0 Å². The summed E-state index contributed by atoms with van der Waals surface area (Å²) in [6.07, 6.45) is 4.82. The molecule has 0 saturated carbocycles. The van der Waals surface area contributed by atoms with Crippen molar-refractivity contribution in [3.05, 3.63) is 23.8 Å². The van der Waals surface area contributed by atoms with Crippen molar-refractivity contribution in [2.75, 3.05) is 6.61 Å². The first-order valence-corrected chi connectivity index (χ1v) is 3.38. The zero-order valence-corrected chi connectivity index (χ0v) is 6.83. The van der Waals surface area contributed by atoms with E-state index in [9.17, 15) is 4.79 Å². The molecule has 3 heteroatoms. The second-order valence-corrected chi connectivity index (χ2v) is 2.07. The van der Waals surface area contributed by atoms with Crippen LogP contribution in [-0.4, -0.2) is 12.7 Å². The molecule has 0 fully saturated rings. The molecular weight excluding hydrogens is 142 g/mol. The molecule has 0 aliphatic carbocycles. The van der Waals surface area contributed by atoms with Crippen molar-refractivity contribution in [1.29, 1.82) is 0 Å². The highest BCUT2D eigenvalue weighted by atomic mass is 16.5. The predicted octanol–water partition coefficient (Wildman–Crippen LogP) is 1.60. The molecule has 62 valence electrons. The first-order chi connectivity index (χ1) is 5.16. The molecule has 11 heavy (non-hydrogen) atoms. The number of carbonyl (C=O) groups is 1. The van der Waals surface area contributed by atoms with Crippen LogP contribution in [0.25, 0.3) is 0 Å². The van der Waals surface area contributed by atoms with Crippen molar-refractivity contribution in [3.8, 4) is 0 Å². The van der Waals surface area contributed by atoms with Crippen LogP contribution >= 0.6 is 0 Å². The van der Waals surface area contributed by atoms with Gasteiger partial charge in [0.2, 0.25) is 0 Å². The zero-order valence-electron chi connectivity index (χ0n) is 6.83. The molecule has 0 radical (unpaired) electrons. The summed E-state index contributed by atoms with van der Waals surface area (Å²) in [6.45, 7) is 4.13. The van der Waals surface area contributed by atoms with Gasteiger partial charge in [0.05, 0.1) is 0 Å². The zero-order chi connectivity index (χ0) is 8.69. The Morgan fingerprint density at radius 3 is 2.73 bits per heavy atom. The van der Waals surface area contributed by atoms with Crippen molar-refractivity contribution in [3.63, 3.8) is 0 Å². The summed E-state index contributed by atoms with van der Waals surface area (Å²) in [6, 6.07) is 0. The van der Waals surface area contributed by atoms with E-state index < -0.39 is 6.09 Å². The average Bonchev–Trinajstić information content (AvgIpc) is 1.97. The van der Waals surface area contributed by atoms with E-state index in [4.69, 9.17) is 5.73 Å². The van der Waals surface area contributed by atoms with Crippen LogP contribution < -0.4 is 5.73 Å². The molecule has 0 aliphatic rings. The molecule has 0 aromatic heterocycles. The largest absolute Gasteiger partial charge is 0.445 e. The summed E-state index contributed by atoms with van der Waals surface area (Å²) in [5, 5.41) is 0. The van der Waals surface area contributed by atoms with Crippen LogP contribution in [0, 0.1) is 0 Å². The van der Waals surface area contributed by atoms with Gasteiger partial charge in [0.25, 0.3) is 0 Å². The van der Waals surface area contributed by atoms with Gasteiger partial charge in [-0.15, -0.1) is 0 Å². The fraction of sp³-hybridized carbons (Fsp3) is 0.375. The van der Waals surface area contributed by atoms with Gasteiger partial charge in [-0.1, -0.05) is 17.7 Å². The summed E-state index contributed by atoms with van der Waals surface area (Å²) in [5.74, 6) is 0. The van der Waals surface area contributed by atoms with Gasteiger partial charge in [0, 0.05) is 0 Å². The maximum Gasteiger partial charge on any atom is 0.404 e. The van der Waals surface area contributed by atoms with Gasteiger partial charge < -0.3 is 10.5 Å². The molecule has 0 aromatic rings. The standard InChI is InChI=1S/C8H13NO2/c1-3-7(2)5-4-6-11-8(9)10/h3-5H,6H2,1-2H3,(H2,9,10)/b5-4+,7-3+. The minimum absolute atomic E-state index is 0.237. The fourth-order valence-electron chi connectivity index (χ4n) is 0.460. The Hall–Kier alpha value is -1.25. The van der Waals surface area contributed by atoms with Gasteiger partial charge in [-0.05, 0) is 19.9 Å². The number of primary amides is 1. The number of hydrogen-bond donors (Lipinski definition) is 1. The van der Waals surface area contributed by atoms with E-state index in [0.29, 0.717) is 0 Å². The fourth-order valence-corrected chi connectivity index (χ4v) is 0.460. The highest BCUT2D eigenvalue weighted by Gasteiger charge is 1.86. The normalized spacial score (nSPS) is 12.0. The van der Waals surface area contributed by atoms with Crippen LogP contribution in [0.1, 0.15) is 13.8 Å². The maximum atomic E-state index is 10.1. The number of carbonyl (C=O) groups excluding carboxylic acids is 1. The minimum Gasteiger partial charge on any atom is -0.445 e. The summed E-state index contributed by atoms with van der Waals surface area (Å²) >= 11 is 0. The van der Waals surface area contributed by atoms with E-state index in [1.54, 1.807) is 6.08 Å². The Morgan fingerprint density at radius 1 is 1.64 bits per heavy atom. The SMILES string of the molecule is C/C=C(C)/C=C/COC(N)=O. The van der Waals surface area contributed by atoms with Gasteiger partial charge in [0.15, 0.2) is 0 Å². The molecule has 0 saturated heterocycles. The Kier molecular flexibility index (Phi) is 4.90. The molecule has 1 amide bonds. The molecule has 0 spiro atoms. The highest BCUT2D eigenvalue weighted by molar-refractivity contribution is 5.64. The smallest absolute Gasteiger partial charge is 0.404 e. The molecule has 0 atom stereocenters. The molecule has 0 rings (SSSR count). The molecule has 0 unspecified atom stereocenters. The Labute approximate surface area is 66.5 Å². The lowest BCUT2D eigenvalue weighted by atomic mass is 10.3. The van der Waals surface area contributed by atoms with E-state index in [0.717, 1.165) is 5.57 Å². The third-order valence-electron chi connectivity index (χ3n) is 1.16. The van der Waals surface area contributed by atoms with E-state index >= 15 is 0 Å². The van der Waals surface area contributed by atoms with Crippen LogP contribution in [0.5, 0.6) is 0 Å². The van der Waals surface area contributed by atoms with Crippen LogP contribution in [0.2, 0.25) is 0 Å². The first-order valence-electron chi connectivity index (χ1n) is 3.38. The van der Waals surface area contributed by atoms with E-state index in [-0.39, 0.29) is 6.61 Å². The van der Waals surface area contributed by atoms with Gasteiger partial charge in [0.1, 0.15) is 6.61 Å². The number of rotatable bonds is 3. The molecule has 2 N–H and O–H groups in total. The minimum atomic E-state index is -0.743.